The third-order valence-corrected chi connectivity index (χ3v) is 2.72. The Morgan fingerprint density at radius 2 is 1.85 bits per heavy atom. The number of carbonyl (C=O) groups excluding carboxylic acids is 2. The van der Waals surface area contributed by atoms with E-state index in [-0.39, 0.29) is 18.4 Å². The molecule has 1 aromatic carbocycles. The molecule has 2 amide bonds. The van der Waals surface area contributed by atoms with Crippen LogP contribution in [0.15, 0.2) is 24.3 Å². The number of nitrogens with zero attached hydrogens (tertiary/aromatic N) is 1. The summed E-state index contributed by atoms with van der Waals surface area (Å²) in [5, 5.41) is 2.77. The zero-order valence-corrected chi connectivity index (χ0v) is 12.3. The molecule has 0 aliphatic rings. The normalized spacial score (nSPS) is 9.95. The summed E-state index contributed by atoms with van der Waals surface area (Å²) in [5.74, 6) is 0.480. The van der Waals surface area contributed by atoms with E-state index in [4.69, 9.17) is 4.74 Å². The van der Waals surface area contributed by atoms with E-state index in [1.54, 1.807) is 24.3 Å². The van der Waals surface area contributed by atoms with Crippen molar-refractivity contribution in [3.05, 3.63) is 24.3 Å². The van der Waals surface area contributed by atoms with Gasteiger partial charge in [-0.15, -0.1) is 0 Å². The molecule has 0 aliphatic heterocycles. The van der Waals surface area contributed by atoms with Gasteiger partial charge in [0.1, 0.15) is 5.75 Å². The lowest BCUT2D eigenvalue weighted by Crippen LogP contribution is -2.37. The number of anilines is 1. The molecule has 1 aromatic rings. The zero-order valence-electron chi connectivity index (χ0n) is 12.3. The summed E-state index contributed by atoms with van der Waals surface area (Å²) in [6, 6.07) is 7.16. The number of carbonyl (C=O) groups is 2. The number of nitrogens with one attached hydrogen (secondary N) is 1. The fourth-order valence-corrected chi connectivity index (χ4v) is 1.79. The molecule has 5 heteroatoms. The van der Waals surface area contributed by atoms with E-state index in [1.807, 2.05) is 13.8 Å². The van der Waals surface area contributed by atoms with Gasteiger partial charge in [0.25, 0.3) is 0 Å². The second kappa shape index (κ2) is 8.19. The van der Waals surface area contributed by atoms with Crippen LogP contribution in [0.4, 0.5) is 5.69 Å². The van der Waals surface area contributed by atoms with Crippen LogP contribution in [0.3, 0.4) is 0 Å². The van der Waals surface area contributed by atoms with Gasteiger partial charge in [-0.1, -0.05) is 6.92 Å². The Kier molecular flexibility index (Phi) is 6.56. The molecule has 0 atom stereocenters. The largest absolute Gasteiger partial charge is 0.494 e. The fourth-order valence-electron chi connectivity index (χ4n) is 1.79. The minimum absolute atomic E-state index is 0.0797. The van der Waals surface area contributed by atoms with Gasteiger partial charge in [-0.3, -0.25) is 9.59 Å². The molecule has 0 spiro atoms. The third kappa shape index (κ3) is 5.30. The highest BCUT2D eigenvalue weighted by Crippen LogP contribution is 2.15. The van der Waals surface area contributed by atoms with E-state index in [1.165, 1.54) is 11.8 Å². The van der Waals surface area contributed by atoms with Gasteiger partial charge in [0.05, 0.1) is 13.2 Å². The van der Waals surface area contributed by atoms with Crippen LogP contribution in [0.2, 0.25) is 0 Å². The fraction of sp³-hybridized carbons (Fsp3) is 0.467. The maximum Gasteiger partial charge on any atom is 0.243 e. The summed E-state index contributed by atoms with van der Waals surface area (Å²) in [7, 11) is 0. The molecule has 1 N–H and O–H groups in total. The highest BCUT2D eigenvalue weighted by Gasteiger charge is 2.12. The summed E-state index contributed by atoms with van der Waals surface area (Å²) in [5.41, 5.74) is 0.693. The molecule has 20 heavy (non-hydrogen) atoms. The number of hydrogen-bond donors (Lipinski definition) is 1. The molecular formula is C15H22N2O3. The lowest BCUT2D eigenvalue weighted by molar-refractivity contribution is -0.132. The molecule has 0 unspecified atom stereocenters. The zero-order chi connectivity index (χ0) is 15.0. The quantitative estimate of drug-likeness (QED) is 0.832. The van der Waals surface area contributed by atoms with E-state index in [9.17, 15) is 9.59 Å². The summed E-state index contributed by atoms with van der Waals surface area (Å²) >= 11 is 0. The van der Waals surface area contributed by atoms with E-state index >= 15 is 0 Å². The second-order valence-electron chi connectivity index (χ2n) is 4.45. The van der Waals surface area contributed by atoms with E-state index in [2.05, 4.69) is 5.32 Å². The van der Waals surface area contributed by atoms with Gasteiger partial charge in [-0.25, -0.2) is 0 Å². The minimum Gasteiger partial charge on any atom is -0.494 e. The summed E-state index contributed by atoms with van der Waals surface area (Å²) in [6.45, 7) is 6.64. The van der Waals surface area contributed by atoms with Crippen LogP contribution in [0.1, 0.15) is 27.2 Å². The molecule has 0 aromatic heterocycles. The van der Waals surface area contributed by atoms with Gasteiger partial charge < -0.3 is 15.0 Å². The van der Waals surface area contributed by atoms with Crippen molar-refractivity contribution >= 4 is 17.5 Å². The van der Waals surface area contributed by atoms with Crippen LogP contribution < -0.4 is 10.1 Å². The van der Waals surface area contributed by atoms with Crippen LogP contribution in [0.5, 0.6) is 5.75 Å². The summed E-state index contributed by atoms with van der Waals surface area (Å²) in [4.78, 5) is 24.8. The Morgan fingerprint density at radius 1 is 1.20 bits per heavy atom. The van der Waals surface area contributed by atoms with Crippen LogP contribution in [0, 0.1) is 0 Å². The first-order valence-electron chi connectivity index (χ1n) is 6.85. The van der Waals surface area contributed by atoms with Gasteiger partial charge in [-0.2, -0.15) is 0 Å². The number of hydrogen-bond acceptors (Lipinski definition) is 3. The molecule has 0 heterocycles. The first kappa shape index (κ1) is 16.0. The van der Waals surface area contributed by atoms with Crippen molar-refractivity contribution in [1.29, 1.82) is 0 Å². The van der Waals surface area contributed by atoms with Crippen LogP contribution in [-0.4, -0.2) is 36.4 Å². The van der Waals surface area contributed by atoms with Crippen molar-refractivity contribution < 1.29 is 14.3 Å². The maximum atomic E-state index is 11.9. The van der Waals surface area contributed by atoms with Gasteiger partial charge in [-0.05, 0) is 37.6 Å². The topological polar surface area (TPSA) is 58.6 Å². The Labute approximate surface area is 119 Å². The third-order valence-electron chi connectivity index (χ3n) is 2.72. The smallest absolute Gasteiger partial charge is 0.243 e. The number of ether oxygens (including phenoxy) is 1. The molecule has 0 fully saturated rings. The van der Waals surface area contributed by atoms with Crippen molar-refractivity contribution in [3.8, 4) is 5.75 Å². The van der Waals surface area contributed by atoms with Gasteiger partial charge in [0.2, 0.25) is 11.8 Å². The number of benzene rings is 1. The monoisotopic (exact) mass is 278 g/mol. The Morgan fingerprint density at radius 3 is 2.35 bits per heavy atom. The molecular weight excluding hydrogens is 256 g/mol. The minimum atomic E-state index is -0.196. The van der Waals surface area contributed by atoms with Gasteiger partial charge >= 0.3 is 0 Å². The van der Waals surface area contributed by atoms with Crippen LogP contribution in [-0.2, 0) is 9.59 Å². The van der Waals surface area contributed by atoms with Crippen molar-refractivity contribution in [3.63, 3.8) is 0 Å². The predicted molar refractivity (Wildman–Crippen MR) is 78.8 cm³/mol. The Hall–Kier alpha value is -2.04. The number of amides is 2. The van der Waals surface area contributed by atoms with E-state index in [0.29, 0.717) is 18.8 Å². The molecule has 110 valence electrons. The molecule has 5 nitrogen and oxygen atoms in total. The molecule has 0 aliphatic carbocycles. The van der Waals surface area contributed by atoms with Crippen molar-refractivity contribution in [2.75, 3.05) is 25.0 Å². The lowest BCUT2D eigenvalue weighted by atomic mass is 10.3. The van der Waals surface area contributed by atoms with E-state index in [0.717, 1.165) is 12.2 Å². The Balaban J connectivity index is 2.54. The summed E-state index contributed by atoms with van der Waals surface area (Å²) < 4.78 is 5.33. The van der Waals surface area contributed by atoms with E-state index < -0.39 is 0 Å². The van der Waals surface area contributed by atoms with Gasteiger partial charge in [0.15, 0.2) is 0 Å². The maximum absolute atomic E-state index is 11.9. The summed E-state index contributed by atoms with van der Waals surface area (Å²) in [6.07, 6.45) is 0.829. The highest BCUT2D eigenvalue weighted by atomic mass is 16.5. The first-order chi connectivity index (χ1) is 9.56. The molecule has 0 bridgehead atoms. The highest BCUT2D eigenvalue weighted by molar-refractivity contribution is 5.94. The van der Waals surface area contributed by atoms with Crippen molar-refractivity contribution in [2.24, 2.45) is 0 Å². The molecule has 0 saturated heterocycles. The molecule has 0 radical (unpaired) electrons. The SMILES string of the molecule is CCCN(CC(=O)Nc1ccc(OCC)cc1)C(C)=O. The average Bonchev–Trinajstić information content (AvgIpc) is 2.40. The standard InChI is InChI=1S/C15H22N2O3/c1-4-10-17(12(3)18)11-15(19)16-13-6-8-14(9-7-13)20-5-2/h6-9H,4-5,10-11H2,1-3H3,(H,16,19). The van der Waals surface area contributed by atoms with Crippen LogP contribution >= 0.6 is 0 Å². The van der Waals surface area contributed by atoms with Gasteiger partial charge in [0, 0.05) is 19.2 Å². The average molecular weight is 278 g/mol. The second-order valence-corrected chi connectivity index (χ2v) is 4.45. The predicted octanol–water partition coefficient (Wildman–Crippen LogP) is 2.28. The molecule has 0 saturated carbocycles. The Bertz CT molecular complexity index is 443. The number of rotatable bonds is 7. The first-order valence-corrected chi connectivity index (χ1v) is 6.85. The lowest BCUT2D eigenvalue weighted by Gasteiger charge is -2.19. The van der Waals surface area contributed by atoms with Crippen molar-refractivity contribution in [1.82, 2.24) is 4.90 Å². The van der Waals surface area contributed by atoms with Crippen LogP contribution in [0.25, 0.3) is 0 Å². The van der Waals surface area contributed by atoms with Crippen molar-refractivity contribution in [2.45, 2.75) is 27.2 Å². The molecule has 1 rings (SSSR count).